The summed E-state index contributed by atoms with van der Waals surface area (Å²) in [7, 11) is 0. The lowest BCUT2D eigenvalue weighted by atomic mass is 9.97. The molecule has 0 saturated carbocycles. The molecule has 1 saturated heterocycles. The third kappa shape index (κ3) is 4.96. The van der Waals surface area contributed by atoms with Crippen LogP contribution in [-0.2, 0) is 6.54 Å². The van der Waals surface area contributed by atoms with Crippen LogP contribution < -0.4 is 5.32 Å². The number of likely N-dealkylation sites (tertiary alicyclic amines) is 1. The van der Waals surface area contributed by atoms with E-state index >= 15 is 0 Å². The van der Waals surface area contributed by atoms with E-state index in [-0.39, 0.29) is 0 Å². The van der Waals surface area contributed by atoms with Crippen molar-refractivity contribution in [1.29, 1.82) is 0 Å². The van der Waals surface area contributed by atoms with E-state index in [2.05, 4.69) is 29.2 Å². The average molecular weight is 265 g/mol. The maximum absolute atomic E-state index is 5.31. The number of rotatable bonds is 6. The molecule has 4 nitrogen and oxygen atoms in total. The SMILES string of the molecule is Cc1cc(CN2CCCC(CNCC(C)C)C2)on1. The Kier molecular flexibility index (Phi) is 5.40. The van der Waals surface area contributed by atoms with E-state index in [9.17, 15) is 0 Å². The van der Waals surface area contributed by atoms with Gasteiger partial charge in [-0.1, -0.05) is 19.0 Å². The lowest BCUT2D eigenvalue weighted by Crippen LogP contribution is -2.39. The number of piperidine rings is 1. The topological polar surface area (TPSA) is 41.3 Å². The fraction of sp³-hybridized carbons (Fsp3) is 0.800. The smallest absolute Gasteiger partial charge is 0.150 e. The van der Waals surface area contributed by atoms with Crippen molar-refractivity contribution in [3.05, 3.63) is 17.5 Å². The van der Waals surface area contributed by atoms with Crippen LogP contribution in [0, 0.1) is 18.8 Å². The van der Waals surface area contributed by atoms with Gasteiger partial charge in [0, 0.05) is 12.6 Å². The van der Waals surface area contributed by atoms with E-state index in [0.717, 1.165) is 42.9 Å². The summed E-state index contributed by atoms with van der Waals surface area (Å²) in [5, 5.41) is 7.54. The van der Waals surface area contributed by atoms with Crippen LogP contribution in [0.25, 0.3) is 0 Å². The molecule has 4 heteroatoms. The molecule has 1 unspecified atom stereocenters. The zero-order chi connectivity index (χ0) is 13.7. The Morgan fingerprint density at radius 2 is 2.37 bits per heavy atom. The second kappa shape index (κ2) is 7.06. The first-order chi connectivity index (χ1) is 9.13. The fourth-order valence-electron chi connectivity index (χ4n) is 2.75. The molecule has 2 rings (SSSR count). The Hall–Kier alpha value is -0.870. The van der Waals surface area contributed by atoms with E-state index in [4.69, 9.17) is 4.52 Å². The van der Waals surface area contributed by atoms with Gasteiger partial charge in [0.05, 0.1) is 12.2 Å². The highest BCUT2D eigenvalue weighted by Gasteiger charge is 2.20. The molecule has 0 radical (unpaired) electrons. The molecule has 1 aromatic heterocycles. The molecule has 1 atom stereocenters. The first-order valence-corrected chi connectivity index (χ1v) is 7.48. The van der Waals surface area contributed by atoms with Crippen molar-refractivity contribution in [2.45, 2.75) is 40.2 Å². The first-order valence-electron chi connectivity index (χ1n) is 7.48. The van der Waals surface area contributed by atoms with Crippen molar-refractivity contribution in [3.63, 3.8) is 0 Å². The van der Waals surface area contributed by atoms with Crippen molar-refractivity contribution in [2.75, 3.05) is 26.2 Å². The summed E-state index contributed by atoms with van der Waals surface area (Å²) in [5.74, 6) is 2.50. The molecule has 1 aromatic rings. The van der Waals surface area contributed by atoms with Gasteiger partial charge in [-0.2, -0.15) is 0 Å². The number of hydrogen-bond donors (Lipinski definition) is 1. The summed E-state index contributed by atoms with van der Waals surface area (Å²) in [5.41, 5.74) is 0.974. The first kappa shape index (κ1) is 14.5. The zero-order valence-corrected chi connectivity index (χ0v) is 12.5. The van der Waals surface area contributed by atoms with Crippen LogP contribution in [-0.4, -0.2) is 36.2 Å². The van der Waals surface area contributed by atoms with E-state index in [1.807, 2.05) is 13.0 Å². The van der Waals surface area contributed by atoms with E-state index in [1.54, 1.807) is 0 Å². The Morgan fingerprint density at radius 1 is 1.53 bits per heavy atom. The van der Waals surface area contributed by atoms with Crippen molar-refractivity contribution < 1.29 is 4.52 Å². The molecule has 0 spiro atoms. The molecule has 108 valence electrons. The Balaban J connectivity index is 1.74. The Labute approximate surface area is 116 Å². The Bertz CT molecular complexity index is 375. The number of aromatic nitrogens is 1. The van der Waals surface area contributed by atoms with Gasteiger partial charge in [0.15, 0.2) is 5.76 Å². The highest BCUT2D eigenvalue weighted by molar-refractivity contribution is 5.03. The van der Waals surface area contributed by atoms with E-state index < -0.39 is 0 Å². The van der Waals surface area contributed by atoms with Crippen LogP contribution in [0.4, 0.5) is 0 Å². The summed E-state index contributed by atoms with van der Waals surface area (Å²) in [6.07, 6.45) is 2.64. The quantitative estimate of drug-likeness (QED) is 0.858. The molecule has 0 aliphatic carbocycles. The van der Waals surface area contributed by atoms with E-state index in [1.165, 1.54) is 25.9 Å². The van der Waals surface area contributed by atoms with Crippen LogP contribution in [0.1, 0.15) is 38.1 Å². The molecule has 0 bridgehead atoms. The second-order valence-corrected chi connectivity index (χ2v) is 6.23. The van der Waals surface area contributed by atoms with Crippen molar-refractivity contribution in [2.24, 2.45) is 11.8 Å². The number of aryl methyl sites for hydroxylation is 1. The van der Waals surface area contributed by atoms with Crippen LogP contribution in [0.15, 0.2) is 10.6 Å². The lowest BCUT2D eigenvalue weighted by molar-refractivity contribution is 0.150. The van der Waals surface area contributed by atoms with Gasteiger partial charge >= 0.3 is 0 Å². The van der Waals surface area contributed by atoms with Crippen LogP contribution in [0.5, 0.6) is 0 Å². The van der Waals surface area contributed by atoms with Crippen molar-refractivity contribution in [3.8, 4) is 0 Å². The summed E-state index contributed by atoms with van der Waals surface area (Å²) >= 11 is 0. The maximum atomic E-state index is 5.31. The van der Waals surface area contributed by atoms with Gasteiger partial charge in [0.25, 0.3) is 0 Å². The predicted molar refractivity (Wildman–Crippen MR) is 76.9 cm³/mol. The van der Waals surface area contributed by atoms with E-state index in [0.29, 0.717) is 0 Å². The molecular formula is C15H27N3O. The van der Waals surface area contributed by atoms with Gasteiger partial charge in [-0.15, -0.1) is 0 Å². The van der Waals surface area contributed by atoms with Crippen LogP contribution in [0.2, 0.25) is 0 Å². The summed E-state index contributed by atoms with van der Waals surface area (Å²) in [6.45, 7) is 12.0. The minimum absolute atomic E-state index is 0.733. The largest absolute Gasteiger partial charge is 0.360 e. The zero-order valence-electron chi connectivity index (χ0n) is 12.5. The van der Waals surface area contributed by atoms with Gasteiger partial charge < -0.3 is 9.84 Å². The molecule has 19 heavy (non-hydrogen) atoms. The van der Waals surface area contributed by atoms with Gasteiger partial charge in [0.1, 0.15) is 0 Å². The Morgan fingerprint density at radius 3 is 3.05 bits per heavy atom. The lowest BCUT2D eigenvalue weighted by Gasteiger charge is -2.32. The highest BCUT2D eigenvalue weighted by atomic mass is 16.5. The summed E-state index contributed by atoms with van der Waals surface area (Å²) in [6, 6.07) is 2.04. The van der Waals surface area contributed by atoms with Crippen molar-refractivity contribution in [1.82, 2.24) is 15.4 Å². The number of nitrogens with one attached hydrogen (secondary N) is 1. The standard InChI is InChI=1S/C15H27N3O/c1-12(2)8-16-9-14-5-4-6-18(10-14)11-15-7-13(3)17-19-15/h7,12,14,16H,4-6,8-11H2,1-3H3. The van der Waals surface area contributed by atoms with Gasteiger partial charge in [-0.3, -0.25) is 4.90 Å². The summed E-state index contributed by atoms with van der Waals surface area (Å²) in [4.78, 5) is 2.49. The monoisotopic (exact) mass is 265 g/mol. The normalized spacial score (nSPS) is 21.2. The highest BCUT2D eigenvalue weighted by Crippen LogP contribution is 2.18. The molecule has 1 aliphatic heterocycles. The molecule has 1 aliphatic rings. The minimum Gasteiger partial charge on any atom is -0.360 e. The molecular weight excluding hydrogens is 238 g/mol. The van der Waals surface area contributed by atoms with Gasteiger partial charge in [-0.05, 0) is 51.2 Å². The molecule has 1 fully saturated rings. The number of nitrogens with zero attached hydrogens (tertiary/aromatic N) is 2. The van der Waals surface area contributed by atoms with Crippen LogP contribution >= 0.6 is 0 Å². The molecule has 0 amide bonds. The molecule has 1 N–H and O–H groups in total. The van der Waals surface area contributed by atoms with Gasteiger partial charge in [0.2, 0.25) is 0 Å². The molecule has 0 aromatic carbocycles. The van der Waals surface area contributed by atoms with Gasteiger partial charge in [-0.25, -0.2) is 0 Å². The minimum atomic E-state index is 0.733. The predicted octanol–water partition coefficient (Wildman–Crippen LogP) is 2.44. The second-order valence-electron chi connectivity index (χ2n) is 6.23. The third-order valence-corrected chi connectivity index (χ3v) is 3.64. The maximum Gasteiger partial charge on any atom is 0.150 e. The van der Waals surface area contributed by atoms with Crippen molar-refractivity contribution >= 4 is 0 Å². The summed E-state index contributed by atoms with van der Waals surface area (Å²) < 4.78 is 5.31. The number of hydrogen-bond acceptors (Lipinski definition) is 4. The van der Waals surface area contributed by atoms with Crippen LogP contribution in [0.3, 0.4) is 0 Å². The third-order valence-electron chi connectivity index (χ3n) is 3.64. The average Bonchev–Trinajstić information content (AvgIpc) is 2.75. The molecule has 2 heterocycles. The fourth-order valence-corrected chi connectivity index (χ4v) is 2.75.